The highest BCUT2D eigenvalue weighted by Gasteiger charge is 2.20. The lowest BCUT2D eigenvalue weighted by atomic mass is 10.1. The van der Waals surface area contributed by atoms with Gasteiger partial charge in [-0.3, -0.25) is 19.9 Å². The molecule has 0 aliphatic carbocycles. The van der Waals surface area contributed by atoms with Gasteiger partial charge in [-0.15, -0.1) is 11.3 Å². The molecule has 2 amide bonds. The Bertz CT molecular complexity index is 956. The summed E-state index contributed by atoms with van der Waals surface area (Å²) in [5.74, 6) is -0.178. The average Bonchev–Trinajstić information content (AvgIpc) is 3.47. The highest BCUT2D eigenvalue weighted by molar-refractivity contribution is 7.18. The standard InChI is InChI=1S/C23H29ClN4O3S/c1-4-28(5-2)13-12-27(3)23(30)17-8-6-16(7-9-17)19-14-18(31-26-19)15-25-22(29)20-10-11-21(24)32-20/h6-11,14,18,26H,4-5,12-13,15H2,1-3H3,(H,25,29). The number of likely N-dealkylation sites (N-methyl/N-ethyl adjacent to an activating group) is 2. The fraction of sp³-hybridized carbons (Fsp3) is 0.391. The molecule has 3 rings (SSSR count). The van der Waals surface area contributed by atoms with Crippen LogP contribution in [-0.2, 0) is 4.84 Å². The first-order valence-electron chi connectivity index (χ1n) is 10.7. The zero-order valence-corrected chi connectivity index (χ0v) is 20.1. The maximum absolute atomic E-state index is 12.7. The second-order valence-corrected chi connectivity index (χ2v) is 9.20. The number of hydroxylamine groups is 1. The Morgan fingerprint density at radius 2 is 1.84 bits per heavy atom. The van der Waals surface area contributed by atoms with Crippen LogP contribution in [0.15, 0.2) is 42.5 Å². The van der Waals surface area contributed by atoms with Crippen LogP contribution in [0.4, 0.5) is 0 Å². The fourth-order valence-corrected chi connectivity index (χ4v) is 4.27. The van der Waals surface area contributed by atoms with Crippen molar-refractivity contribution in [2.45, 2.75) is 20.0 Å². The van der Waals surface area contributed by atoms with Crippen LogP contribution in [0, 0.1) is 0 Å². The number of nitrogens with zero attached hydrogens (tertiary/aromatic N) is 2. The minimum Gasteiger partial charge on any atom is -0.348 e. The van der Waals surface area contributed by atoms with Crippen molar-refractivity contribution in [2.75, 3.05) is 39.8 Å². The summed E-state index contributed by atoms with van der Waals surface area (Å²) >= 11 is 7.11. The predicted molar refractivity (Wildman–Crippen MR) is 129 cm³/mol. The van der Waals surface area contributed by atoms with Gasteiger partial charge in [0.25, 0.3) is 11.8 Å². The van der Waals surface area contributed by atoms with Gasteiger partial charge in [-0.2, -0.15) is 0 Å². The Kier molecular flexibility index (Phi) is 8.69. The van der Waals surface area contributed by atoms with Crippen molar-refractivity contribution in [2.24, 2.45) is 0 Å². The Morgan fingerprint density at radius 1 is 1.12 bits per heavy atom. The number of amides is 2. The van der Waals surface area contributed by atoms with E-state index in [0.717, 1.165) is 30.9 Å². The summed E-state index contributed by atoms with van der Waals surface area (Å²) in [5, 5.41) is 2.84. The van der Waals surface area contributed by atoms with E-state index in [2.05, 4.69) is 29.5 Å². The van der Waals surface area contributed by atoms with Crippen LogP contribution in [0.5, 0.6) is 0 Å². The van der Waals surface area contributed by atoms with E-state index in [0.29, 0.717) is 27.9 Å². The van der Waals surface area contributed by atoms with E-state index in [1.54, 1.807) is 17.0 Å². The molecule has 1 aromatic carbocycles. The maximum atomic E-state index is 12.7. The smallest absolute Gasteiger partial charge is 0.261 e. The van der Waals surface area contributed by atoms with E-state index in [4.69, 9.17) is 16.4 Å². The second kappa shape index (κ2) is 11.5. The second-order valence-electron chi connectivity index (χ2n) is 7.48. The van der Waals surface area contributed by atoms with Gasteiger partial charge in [0.2, 0.25) is 0 Å². The molecule has 0 spiro atoms. The van der Waals surface area contributed by atoms with Crippen LogP contribution in [-0.4, -0.2) is 67.5 Å². The number of benzene rings is 1. The van der Waals surface area contributed by atoms with Gasteiger partial charge < -0.3 is 15.1 Å². The normalized spacial score (nSPS) is 15.4. The monoisotopic (exact) mass is 476 g/mol. The van der Waals surface area contributed by atoms with Gasteiger partial charge in [0.15, 0.2) is 0 Å². The van der Waals surface area contributed by atoms with E-state index < -0.39 is 0 Å². The summed E-state index contributed by atoms with van der Waals surface area (Å²) in [6.45, 7) is 8.08. The van der Waals surface area contributed by atoms with Gasteiger partial charge in [0, 0.05) is 25.7 Å². The molecule has 7 nitrogen and oxygen atoms in total. The molecule has 1 aliphatic heterocycles. The molecule has 0 saturated heterocycles. The van der Waals surface area contributed by atoms with E-state index >= 15 is 0 Å². The largest absolute Gasteiger partial charge is 0.348 e. The van der Waals surface area contributed by atoms with Crippen LogP contribution >= 0.6 is 22.9 Å². The molecule has 172 valence electrons. The van der Waals surface area contributed by atoms with E-state index in [1.165, 1.54) is 11.3 Å². The minimum absolute atomic E-state index is 0.00239. The van der Waals surface area contributed by atoms with Gasteiger partial charge in [-0.25, -0.2) is 0 Å². The third-order valence-electron chi connectivity index (χ3n) is 5.37. The molecular formula is C23H29ClN4O3S. The van der Waals surface area contributed by atoms with Crippen molar-refractivity contribution in [3.8, 4) is 0 Å². The molecular weight excluding hydrogens is 448 g/mol. The highest BCUT2D eigenvalue weighted by Crippen LogP contribution is 2.22. The lowest BCUT2D eigenvalue weighted by molar-refractivity contribution is 0.0499. The van der Waals surface area contributed by atoms with Crippen molar-refractivity contribution in [3.05, 3.63) is 62.8 Å². The molecule has 1 atom stereocenters. The van der Waals surface area contributed by atoms with Crippen molar-refractivity contribution in [3.63, 3.8) is 0 Å². The molecule has 2 heterocycles. The summed E-state index contributed by atoms with van der Waals surface area (Å²) in [7, 11) is 1.83. The predicted octanol–water partition coefficient (Wildman–Crippen LogP) is 3.49. The topological polar surface area (TPSA) is 73.9 Å². The van der Waals surface area contributed by atoms with Gasteiger partial charge in [0.1, 0.15) is 6.10 Å². The number of halogens is 1. The van der Waals surface area contributed by atoms with E-state index in [9.17, 15) is 9.59 Å². The van der Waals surface area contributed by atoms with Crippen LogP contribution in [0.1, 0.15) is 39.4 Å². The Hall–Kier alpha value is -2.39. The number of hydrogen-bond acceptors (Lipinski definition) is 6. The maximum Gasteiger partial charge on any atom is 0.261 e. The quantitative estimate of drug-likeness (QED) is 0.549. The lowest BCUT2D eigenvalue weighted by Gasteiger charge is -2.23. The molecule has 1 aromatic heterocycles. The first kappa shape index (κ1) is 24.3. The Balaban J connectivity index is 1.52. The molecule has 32 heavy (non-hydrogen) atoms. The Labute approximate surface area is 197 Å². The lowest BCUT2D eigenvalue weighted by Crippen LogP contribution is -2.36. The zero-order valence-electron chi connectivity index (χ0n) is 18.6. The van der Waals surface area contributed by atoms with Gasteiger partial charge in [0.05, 0.1) is 21.5 Å². The molecule has 9 heteroatoms. The molecule has 1 aliphatic rings. The van der Waals surface area contributed by atoms with E-state index in [1.807, 2.05) is 37.4 Å². The summed E-state index contributed by atoms with van der Waals surface area (Å²) in [4.78, 5) is 35.0. The zero-order chi connectivity index (χ0) is 23.1. The minimum atomic E-state index is -0.295. The van der Waals surface area contributed by atoms with E-state index in [-0.39, 0.29) is 17.9 Å². The van der Waals surface area contributed by atoms with Gasteiger partial charge >= 0.3 is 0 Å². The number of thiophene rings is 1. The number of hydrogen-bond donors (Lipinski definition) is 2. The molecule has 0 saturated carbocycles. The van der Waals surface area contributed by atoms with Crippen molar-refractivity contribution >= 4 is 40.4 Å². The SMILES string of the molecule is CCN(CC)CCN(C)C(=O)c1ccc(C2=CC(CNC(=O)c3ccc(Cl)s3)ON2)cc1. The summed E-state index contributed by atoms with van der Waals surface area (Å²) in [5.41, 5.74) is 5.26. The number of carbonyl (C=O) groups excluding carboxylic acids is 2. The molecule has 0 bridgehead atoms. The number of carbonyl (C=O) groups is 2. The van der Waals surface area contributed by atoms with Crippen molar-refractivity contribution in [1.29, 1.82) is 0 Å². The molecule has 0 fully saturated rings. The average molecular weight is 477 g/mol. The summed E-state index contributed by atoms with van der Waals surface area (Å²) in [6, 6.07) is 10.8. The molecule has 2 N–H and O–H groups in total. The Morgan fingerprint density at radius 3 is 2.47 bits per heavy atom. The highest BCUT2D eigenvalue weighted by atomic mass is 35.5. The third-order valence-corrected chi connectivity index (χ3v) is 6.60. The van der Waals surface area contributed by atoms with Crippen LogP contribution in [0.25, 0.3) is 5.70 Å². The third kappa shape index (κ3) is 6.32. The van der Waals surface area contributed by atoms with Crippen LogP contribution in [0.3, 0.4) is 0 Å². The van der Waals surface area contributed by atoms with Crippen molar-refractivity contribution < 1.29 is 14.4 Å². The molecule has 2 aromatic rings. The summed E-state index contributed by atoms with van der Waals surface area (Å²) < 4.78 is 0.577. The van der Waals surface area contributed by atoms with Gasteiger partial charge in [-0.05, 0) is 49.0 Å². The molecule has 0 radical (unpaired) electrons. The fourth-order valence-electron chi connectivity index (χ4n) is 3.31. The summed E-state index contributed by atoms with van der Waals surface area (Å²) in [6.07, 6.45) is 1.62. The van der Waals surface area contributed by atoms with Crippen molar-refractivity contribution in [1.82, 2.24) is 20.6 Å². The first-order valence-corrected chi connectivity index (χ1v) is 11.9. The number of nitrogens with one attached hydrogen (secondary N) is 2. The van der Waals surface area contributed by atoms with Crippen LogP contribution in [0.2, 0.25) is 4.34 Å². The van der Waals surface area contributed by atoms with Gasteiger partial charge in [-0.1, -0.05) is 37.6 Å². The first-order chi connectivity index (χ1) is 15.4. The molecule has 1 unspecified atom stereocenters. The number of rotatable bonds is 10. The van der Waals surface area contributed by atoms with Crippen LogP contribution < -0.4 is 10.8 Å².